The maximum atomic E-state index is 12.5. The van der Waals surface area contributed by atoms with Gasteiger partial charge in [0.1, 0.15) is 13.2 Å². The number of esters is 3. The predicted octanol–water partition coefficient (Wildman–Crippen LogP) is 12.5. The van der Waals surface area contributed by atoms with Crippen LogP contribution in [-0.4, -0.2) is 37.2 Å². The molecule has 0 rings (SSSR count). The first-order valence-corrected chi connectivity index (χ1v) is 20.3. The molecule has 280 valence electrons. The van der Waals surface area contributed by atoms with Crippen LogP contribution >= 0.6 is 0 Å². The van der Waals surface area contributed by atoms with E-state index in [9.17, 15) is 14.4 Å². The average molecular weight is 677 g/mol. The highest BCUT2D eigenvalue weighted by atomic mass is 16.6. The van der Waals surface area contributed by atoms with Crippen LogP contribution in [0.15, 0.2) is 24.3 Å². The Morgan fingerprint density at radius 3 is 1.17 bits per heavy atom. The first kappa shape index (κ1) is 45.9. The molecule has 6 heteroatoms. The van der Waals surface area contributed by atoms with Crippen LogP contribution in [0.2, 0.25) is 0 Å². The van der Waals surface area contributed by atoms with Gasteiger partial charge in [-0.2, -0.15) is 0 Å². The van der Waals surface area contributed by atoms with Crippen LogP contribution in [0, 0.1) is 0 Å². The molecule has 0 aromatic rings. The fraction of sp³-hybridized carbons (Fsp3) is 0.833. The van der Waals surface area contributed by atoms with Crippen molar-refractivity contribution < 1.29 is 28.6 Å². The summed E-state index contributed by atoms with van der Waals surface area (Å²) in [4.78, 5) is 37.1. The summed E-state index contributed by atoms with van der Waals surface area (Å²) < 4.78 is 16.5. The topological polar surface area (TPSA) is 78.9 Å². The molecule has 0 aliphatic rings. The van der Waals surface area contributed by atoms with Crippen LogP contribution in [-0.2, 0) is 28.6 Å². The number of unbranched alkanes of at least 4 members (excludes halogenated alkanes) is 21. The lowest BCUT2D eigenvalue weighted by molar-refractivity contribution is -0.167. The molecule has 1 atom stereocenters. The molecule has 1 unspecified atom stereocenters. The van der Waals surface area contributed by atoms with Crippen LogP contribution < -0.4 is 0 Å². The Morgan fingerprint density at radius 2 is 0.750 bits per heavy atom. The van der Waals surface area contributed by atoms with Crippen LogP contribution in [0.4, 0.5) is 0 Å². The molecule has 0 aromatic carbocycles. The zero-order valence-electron chi connectivity index (χ0n) is 31.8. The molecule has 6 nitrogen and oxygen atoms in total. The van der Waals surface area contributed by atoms with E-state index in [0.29, 0.717) is 19.3 Å². The molecule has 0 spiro atoms. The summed E-state index contributed by atoms with van der Waals surface area (Å²) >= 11 is 0. The van der Waals surface area contributed by atoms with E-state index in [1.807, 2.05) is 0 Å². The lowest BCUT2D eigenvalue weighted by Crippen LogP contribution is -2.30. The smallest absolute Gasteiger partial charge is 0.306 e. The molecule has 0 N–H and O–H groups in total. The zero-order chi connectivity index (χ0) is 35.2. The minimum atomic E-state index is -0.762. The van der Waals surface area contributed by atoms with Gasteiger partial charge in [0.15, 0.2) is 6.10 Å². The Labute approximate surface area is 296 Å². The Hall–Kier alpha value is -2.11. The van der Waals surface area contributed by atoms with E-state index in [-0.39, 0.29) is 31.1 Å². The van der Waals surface area contributed by atoms with E-state index in [2.05, 4.69) is 45.1 Å². The van der Waals surface area contributed by atoms with Gasteiger partial charge in [-0.1, -0.05) is 161 Å². The highest BCUT2D eigenvalue weighted by Crippen LogP contribution is 2.13. The van der Waals surface area contributed by atoms with E-state index in [0.717, 1.165) is 77.0 Å². The molecular formula is C42H76O6. The monoisotopic (exact) mass is 677 g/mol. The van der Waals surface area contributed by atoms with E-state index in [1.54, 1.807) is 0 Å². The third-order valence-corrected chi connectivity index (χ3v) is 8.71. The van der Waals surface area contributed by atoms with Gasteiger partial charge in [-0.25, -0.2) is 0 Å². The van der Waals surface area contributed by atoms with E-state index in [4.69, 9.17) is 14.2 Å². The molecule has 0 bridgehead atoms. The molecule has 0 aliphatic heterocycles. The summed E-state index contributed by atoms with van der Waals surface area (Å²) in [6.07, 6.45) is 39.2. The quantitative estimate of drug-likeness (QED) is 0.0284. The summed E-state index contributed by atoms with van der Waals surface area (Å²) in [7, 11) is 0. The average Bonchev–Trinajstić information content (AvgIpc) is 3.08. The molecule has 48 heavy (non-hydrogen) atoms. The van der Waals surface area contributed by atoms with Crippen molar-refractivity contribution >= 4 is 17.9 Å². The molecular weight excluding hydrogens is 600 g/mol. The van der Waals surface area contributed by atoms with Crippen molar-refractivity contribution in [1.29, 1.82) is 0 Å². The standard InChI is InChI=1S/C42H76O6/c1-4-7-10-13-15-16-17-18-19-20-21-22-23-24-25-27-29-32-35-41(44)47-38-39(37-46-40(43)34-31-28-12-9-6-3)48-42(45)36-33-30-26-14-11-8-5-2/h16-17,19-20,39H,4-15,18,21-38H2,1-3H3/b17-16-,20-19-. The van der Waals surface area contributed by atoms with Gasteiger partial charge in [-0.3, -0.25) is 14.4 Å². The SMILES string of the molecule is CCCCCC/C=C\C/C=C\CCCCCCCCCC(=O)OCC(COC(=O)CCCCCCC)OC(=O)CCCCCCCCC. The Bertz CT molecular complexity index is 789. The van der Waals surface area contributed by atoms with Crippen molar-refractivity contribution in [3.63, 3.8) is 0 Å². The van der Waals surface area contributed by atoms with Crippen LogP contribution in [0.25, 0.3) is 0 Å². The highest BCUT2D eigenvalue weighted by molar-refractivity contribution is 5.71. The van der Waals surface area contributed by atoms with E-state index < -0.39 is 6.10 Å². The number of carbonyl (C=O) groups is 3. The fourth-order valence-corrected chi connectivity index (χ4v) is 5.59. The third kappa shape index (κ3) is 35.2. The number of allylic oxidation sites excluding steroid dienone is 4. The fourth-order valence-electron chi connectivity index (χ4n) is 5.59. The second-order valence-electron chi connectivity index (χ2n) is 13.6. The van der Waals surface area contributed by atoms with E-state index >= 15 is 0 Å². The molecule has 0 aliphatic carbocycles. The van der Waals surface area contributed by atoms with Gasteiger partial charge >= 0.3 is 17.9 Å². The van der Waals surface area contributed by atoms with Gasteiger partial charge < -0.3 is 14.2 Å². The summed E-state index contributed by atoms with van der Waals surface area (Å²) in [5.41, 5.74) is 0. The summed E-state index contributed by atoms with van der Waals surface area (Å²) in [5, 5.41) is 0. The third-order valence-electron chi connectivity index (χ3n) is 8.71. The Kier molecular flexibility index (Phi) is 36.0. The van der Waals surface area contributed by atoms with Gasteiger partial charge in [-0.05, 0) is 51.4 Å². The van der Waals surface area contributed by atoms with Crippen LogP contribution in [0.3, 0.4) is 0 Å². The summed E-state index contributed by atoms with van der Waals surface area (Å²) in [6.45, 7) is 6.47. The molecule has 0 saturated heterocycles. The number of ether oxygens (including phenoxy) is 3. The Balaban J connectivity index is 4.14. The van der Waals surface area contributed by atoms with Crippen LogP contribution in [0.5, 0.6) is 0 Å². The summed E-state index contributed by atoms with van der Waals surface area (Å²) in [6, 6.07) is 0. The largest absolute Gasteiger partial charge is 0.462 e. The van der Waals surface area contributed by atoms with Gasteiger partial charge in [0.2, 0.25) is 0 Å². The van der Waals surface area contributed by atoms with Crippen LogP contribution in [0.1, 0.15) is 207 Å². The first-order valence-electron chi connectivity index (χ1n) is 20.3. The second kappa shape index (κ2) is 37.7. The molecule has 0 amide bonds. The first-order chi connectivity index (χ1) is 23.5. The molecule has 0 aromatic heterocycles. The van der Waals surface area contributed by atoms with Crippen molar-refractivity contribution in [3.05, 3.63) is 24.3 Å². The van der Waals surface area contributed by atoms with Crippen molar-refractivity contribution in [3.8, 4) is 0 Å². The van der Waals surface area contributed by atoms with Gasteiger partial charge in [-0.15, -0.1) is 0 Å². The van der Waals surface area contributed by atoms with Crippen molar-refractivity contribution in [2.45, 2.75) is 213 Å². The minimum Gasteiger partial charge on any atom is -0.462 e. The normalized spacial score (nSPS) is 12.1. The molecule has 0 saturated carbocycles. The minimum absolute atomic E-state index is 0.0735. The number of carbonyl (C=O) groups excluding carboxylic acids is 3. The zero-order valence-corrected chi connectivity index (χ0v) is 31.8. The van der Waals surface area contributed by atoms with Gasteiger partial charge in [0, 0.05) is 19.3 Å². The highest BCUT2D eigenvalue weighted by Gasteiger charge is 2.19. The van der Waals surface area contributed by atoms with Crippen molar-refractivity contribution in [2.24, 2.45) is 0 Å². The van der Waals surface area contributed by atoms with Gasteiger partial charge in [0.25, 0.3) is 0 Å². The van der Waals surface area contributed by atoms with E-state index in [1.165, 1.54) is 89.9 Å². The maximum Gasteiger partial charge on any atom is 0.306 e. The Morgan fingerprint density at radius 1 is 0.417 bits per heavy atom. The molecule has 0 heterocycles. The second-order valence-corrected chi connectivity index (χ2v) is 13.6. The molecule has 0 fully saturated rings. The van der Waals surface area contributed by atoms with Crippen molar-refractivity contribution in [1.82, 2.24) is 0 Å². The number of hydrogen-bond donors (Lipinski definition) is 0. The van der Waals surface area contributed by atoms with Crippen molar-refractivity contribution in [2.75, 3.05) is 13.2 Å². The van der Waals surface area contributed by atoms with Gasteiger partial charge in [0.05, 0.1) is 0 Å². The number of hydrogen-bond acceptors (Lipinski definition) is 6. The lowest BCUT2D eigenvalue weighted by Gasteiger charge is -2.18. The maximum absolute atomic E-state index is 12.5. The molecule has 0 radical (unpaired) electrons. The summed E-state index contributed by atoms with van der Waals surface area (Å²) in [5.74, 6) is -0.904. The predicted molar refractivity (Wildman–Crippen MR) is 201 cm³/mol. The number of rotatable bonds is 36. The lowest BCUT2D eigenvalue weighted by atomic mass is 10.1.